The second-order valence-corrected chi connectivity index (χ2v) is 6.76. The Kier molecular flexibility index (Phi) is 4.13. The smallest absolute Gasteiger partial charge is 0.252 e. The van der Waals surface area contributed by atoms with Gasteiger partial charge in [0.25, 0.3) is 5.91 Å². The molecule has 0 atom stereocenters. The van der Waals surface area contributed by atoms with Crippen molar-refractivity contribution in [3.8, 4) is 0 Å². The van der Waals surface area contributed by atoms with Crippen molar-refractivity contribution in [1.82, 2.24) is 5.32 Å². The molecule has 1 saturated carbocycles. The van der Waals surface area contributed by atoms with Crippen molar-refractivity contribution in [1.29, 1.82) is 0 Å². The highest BCUT2D eigenvalue weighted by Crippen LogP contribution is 2.47. The fourth-order valence-electron chi connectivity index (χ4n) is 1.87. The predicted molar refractivity (Wildman–Crippen MR) is 81.2 cm³/mol. The molecule has 0 radical (unpaired) electrons. The number of hydrogen-bond acceptors (Lipinski definition) is 1. The van der Waals surface area contributed by atoms with Crippen LogP contribution in [0.3, 0.4) is 0 Å². The van der Waals surface area contributed by atoms with E-state index < -0.39 is 0 Å². The Labute approximate surface area is 124 Å². The Balaban J connectivity index is 2.02. The van der Waals surface area contributed by atoms with Crippen LogP contribution in [-0.2, 0) is 0 Å². The van der Waals surface area contributed by atoms with E-state index in [1.54, 1.807) is 0 Å². The average Bonchev–Trinajstić information content (AvgIpc) is 3.10. The van der Waals surface area contributed by atoms with E-state index in [4.69, 9.17) is 0 Å². The van der Waals surface area contributed by atoms with E-state index in [9.17, 15) is 4.79 Å². The molecule has 0 unspecified atom stereocenters. The van der Waals surface area contributed by atoms with E-state index in [1.165, 1.54) is 12.8 Å². The van der Waals surface area contributed by atoms with E-state index in [1.807, 2.05) is 18.2 Å². The third kappa shape index (κ3) is 3.22. The first-order valence-corrected chi connectivity index (χ1v) is 7.67. The van der Waals surface area contributed by atoms with E-state index in [-0.39, 0.29) is 5.91 Å². The summed E-state index contributed by atoms with van der Waals surface area (Å²) in [5.74, 6) is 0.0233. The van der Waals surface area contributed by atoms with Gasteiger partial charge in [0.1, 0.15) is 0 Å². The van der Waals surface area contributed by atoms with Crippen molar-refractivity contribution >= 4 is 44.4 Å². The predicted octanol–water partition coefficient (Wildman–Crippen LogP) is 3.97. The van der Waals surface area contributed by atoms with Gasteiger partial charge in [-0.1, -0.05) is 6.92 Å². The van der Waals surface area contributed by atoms with E-state index in [2.05, 4.69) is 50.8 Å². The lowest BCUT2D eigenvalue weighted by molar-refractivity contribution is 0.0943. The zero-order valence-corrected chi connectivity index (χ0v) is 13.5. The van der Waals surface area contributed by atoms with Gasteiger partial charge in [-0.05, 0) is 81.4 Å². The zero-order valence-electron chi connectivity index (χ0n) is 9.72. The standard InChI is InChI=1S/C13H15BrINO/c1-2-13(5-6-13)8-16-12(17)10-7-9(15)3-4-11(10)14/h3-4,7H,2,5-6,8H2,1H3,(H,16,17). The first-order valence-electron chi connectivity index (χ1n) is 5.79. The number of carbonyl (C=O) groups excluding carboxylic acids is 1. The molecule has 0 heterocycles. The molecule has 1 fully saturated rings. The molecule has 1 aliphatic rings. The minimum Gasteiger partial charge on any atom is -0.351 e. The number of halogens is 2. The minimum absolute atomic E-state index is 0.0233. The van der Waals surface area contributed by atoms with Crippen LogP contribution in [0.4, 0.5) is 0 Å². The molecule has 2 nitrogen and oxygen atoms in total. The molecule has 0 aromatic heterocycles. The Morgan fingerprint density at radius 3 is 2.82 bits per heavy atom. The number of amides is 1. The third-order valence-corrected chi connectivity index (χ3v) is 4.87. The van der Waals surface area contributed by atoms with E-state index in [0.29, 0.717) is 5.41 Å². The molecule has 1 aliphatic carbocycles. The third-order valence-electron chi connectivity index (χ3n) is 3.50. The van der Waals surface area contributed by atoms with Crippen LogP contribution in [0, 0.1) is 8.99 Å². The summed E-state index contributed by atoms with van der Waals surface area (Å²) in [6, 6.07) is 5.81. The van der Waals surface area contributed by atoms with Crippen LogP contribution < -0.4 is 5.32 Å². The van der Waals surface area contributed by atoms with Crippen LogP contribution in [0.1, 0.15) is 36.5 Å². The fourth-order valence-corrected chi connectivity index (χ4v) is 2.78. The van der Waals surface area contributed by atoms with Crippen LogP contribution in [0.5, 0.6) is 0 Å². The second kappa shape index (κ2) is 5.26. The first kappa shape index (κ1) is 13.3. The zero-order chi connectivity index (χ0) is 12.5. The number of nitrogens with one attached hydrogen (secondary N) is 1. The van der Waals surface area contributed by atoms with Crippen LogP contribution in [-0.4, -0.2) is 12.5 Å². The molecule has 2 rings (SSSR count). The maximum atomic E-state index is 12.1. The molecule has 0 bridgehead atoms. The summed E-state index contributed by atoms with van der Waals surface area (Å²) in [4.78, 5) is 12.1. The highest BCUT2D eigenvalue weighted by atomic mass is 127. The molecule has 4 heteroatoms. The maximum absolute atomic E-state index is 12.1. The quantitative estimate of drug-likeness (QED) is 0.751. The van der Waals surface area contributed by atoms with Gasteiger partial charge < -0.3 is 5.32 Å². The molecule has 0 saturated heterocycles. The monoisotopic (exact) mass is 407 g/mol. The van der Waals surface area contributed by atoms with Crippen molar-refractivity contribution < 1.29 is 4.79 Å². The van der Waals surface area contributed by atoms with E-state index >= 15 is 0 Å². The van der Waals surface area contributed by atoms with Gasteiger partial charge >= 0.3 is 0 Å². The molecule has 1 N–H and O–H groups in total. The number of carbonyl (C=O) groups is 1. The van der Waals surface area contributed by atoms with Gasteiger partial charge in [0.2, 0.25) is 0 Å². The minimum atomic E-state index is 0.0233. The van der Waals surface area contributed by atoms with Crippen LogP contribution in [0.15, 0.2) is 22.7 Å². The summed E-state index contributed by atoms with van der Waals surface area (Å²) in [6.45, 7) is 3.00. The average molecular weight is 408 g/mol. The van der Waals surface area contributed by atoms with Gasteiger partial charge in [0, 0.05) is 14.6 Å². The fraction of sp³-hybridized carbons (Fsp3) is 0.462. The van der Waals surface area contributed by atoms with Gasteiger partial charge in [0.05, 0.1) is 5.56 Å². The highest BCUT2D eigenvalue weighted by molar-refractivity contribution is 14.1. The number of rotatable bonds is 4. The summed E-state index contributed by atoms with van der Waals surface area (Å²) < 4.78 is 1.93. The second-order valence-electron chi connectivity index (χ2n) is 4.66. The normalized spacial score (nSPS) is 16.6. The summed E-state index contributed by atoms with van der Waals surface area (Å²) in [6.07, 6.45) is 3.65. The molecule has 1 aromatic rings. The molecule has 17 heavy (non-hydrogen) atoms. The molecule has 92 valence electrons. The molecular weight excluding hydrogens is 393 g/mol. The van der Waals surface area contributed by atoms with Crippen LogP contribution in [0.2, 0.25) is 0 Å². The van der Waals surface area contributed by atoms with Gasteiger partial charge in [0.15, 0.2) is 0 Å². The van der Waals surface area contributed by atoms with Crippen LogP contribution >= 0.6 is 38.5 Å². The summed E-state index contributed by atoms with van der Waals surface area (Å²) >= 11 is 5.64. The lowest BCUT2D eigenvalue weighted by Gasteiger charge is -2.14. The van der Waals surface area contributed by atoms with Crippen LogP contribution in [0.25, 0.3) is 0 Å². The molecule has 1 aromatic carbocycles. The highest BCUT2D eigenvalue weighted by Gasteiger charge is 2.40. The van der Waals surface area contributed by atoms with Crippen molar-refractivity contribution in [2.24, 2.45) is 5.41 Å². The first-order chi connectivity index (χ1) is 8.06. The molecule has 0 aliphatic heterocycles. The number of benzene rings is 1. The van der Waals surface area contributed by atoms with Crippen molar-refractivity contribution in [3.63, 3.8) is 0 Å². The summed E-state index contributed by atoms with van der Waals surface area (Å²) in [5.41, 5.74) is 1.12. The Morgan fingerprint density at radius 2 is 2.24 bits per heavy atom. The summed E-state index contributed by atoms with van der Waals surface area (Å²) in [7, 11) is 0. The maximum Gasteiger partial charge on any atom is 0.252 e. The lowest BCUT2D eigenvalue weighted by atomic mass is 10.0. The Morgan fingerprint density at radius 1 is 1.53 bits per heavy atom. The van der Waals surface area contributed by atoms with E-state index in [0.717, 1.165) is 26.6 Å². The largest absolute Gasteiger partial charge is 0.351 e. The summed E-state index contributed by atoms with van der Waals surface area (Å²) in [5, 5.41) is 3.05. The van der Waals surface area contributed by atoms with Gasteiger partial charge in [-0.15, -0.1) is 0 Å². The topological polar surface area (TPSA) is 29.1 Å². The molecule has 0 spiro atoms. The van der Waals surface area contributed by atoms with Gasteiger partial charge in [-0.25, -0.2) is 0 Å². The van der Waals surface area contributed by atoms with Gasteiger partial charge in [-0.3, -0.25) is 4.79 Å². The lowest BCUT2D eigenvalue weighted by Crippen LogP contribution is -2.30. The van der Waals surface area contributed by atoms with Crippen molar-refractivity contribution in [2.75, 3.05) is 6.54 Å². The Hall–Kier alpha value is -0.100. The van der Waals surface area contributed by atoms with Crippen molar-refractivity contribution in [2.45, 2.75) is 26.2 Å². The molecular formula is C13H15BrINO. The van der Waals surface area contributed by atoms with Gasteiger partial charge in [-0.2, -0.15) is 0 Å². The Bertz CT molecular complexity index is 443. The van der Waals surface area contributed by atoms with Crippen molar-refractivity contribution in [3.05, 3.63) is 31.8 Å². The number of hydrogen-bond donors (Lipinski definition) is 1. The molecule has 1 amide bonds. The SMILES string of the molecule is CCC1(CNC(=O)c2cc(I)ccc2Br)CC1.